The van der Waals surface area contributed by atoms with Gasteiger partial charge in [0.25, 0.3) is 5.91 Å². The normalized spacial score (nSPS) is 11.8. The second kappa shape index (κ2) is 6.88. The molecule has 2 rings (SSSR count). The van der Waals surface area contributed by atoms with Gasteiger partial charge < -0.3 is 10.1 Å². The molecule has 3 nitrogen and oxygen atoms in total. The first-order valence-corrected chi connectivity index (χ1v) is 6.89. The summed E-state index contributed by atoms with van der Waals surface area (Å²) in [6, 6.07) is 13.2. The van der Waals surface area contributed by atoms with Crippen LogP contribution in [-0.2, 0) is 4.79 Å². The number of rotatable bonds is 5. The van der Waals surface area contributed by atoms with E-state index in [9.17, 15) is 9.18 Å². The number of nitrogens with one attached hydrogen (secondary N) is 1. The summed E-state index contributed by atoms with van der Waals surface area (Å²) in [5.41, 5.74) is 1.53. The molecule has 0 aliphatic rings. The molecule has 0 radical (unpaired) electrons. The highest BCUT2D eigenvalue weighted by atomic mass is 19.1. The van der Waals surface area contributed by atoms with E-state index in [0.717, 1.165) is 5.56 Å². The first-order chi connectivity index (χ1) is 10.1. The Hall–Kier alpha value is -2.36. The topological polar surface area (TPSA) is 38.3 Å². The zero-order chi connectivity index (χ0) is 15.2. The molecule has 0 aliphatic carbocycles. The lowest BCUT2D eigenvalue weighted by atomic mass is 10.2. The van der Waals surface area contributed by atoms with Crippen molar-refractivity contribution in [3.63, 3.8) is 0 Å². The zero-order valence-electron chi connectivity index (χ0n) is 12.1. The van der Waals surface area contributed by atoms with Gasteiger partial charge in [0.05, 0.1) is 0 Å². The fourth-order valence-corrected chi connectivity index (χ4v) is 1.92. The number of hydrogen-bond donors (Lipinski definition) is 1. The maximum Gasteiger partial charge on any atom is 0.265 e. The fraction of sp³-hybridized carbons (Fsp3) is 0.235. The second-order valence-corrected chi connectivity index (χ2v) is 4.78. The maximum absolute atomic E-state index is 12.8. The van der Waals surface area contributed by atoms with Gasteiger partial charge in [-0.15, -0.1) is 0 Å². The molecule has 4 heteroatoms. The van der Waals surface area contributed by atoms with Crippen LogP contribution < -0.4 is 10.1 Å². The molecule has 2 aromatic rings. The number of carbonyl (C=O) groups excluding carboxylic acids is 1. The SMILES string of the molecule is CC[C@@H](Oc1ccccc1C)C(=O)Nc1ccc(F)cc1. The molecule has 0 spiro atoms. The predicted molar refractivity (Wildman–Crippen MR) is 80.9 cm³/mol. The van der Waals surface area contributed by atoms with E-state index in [1.807, 2.05) is 38.1 Å². The number of aryl methyl sites for hydroxylation is 1. The number of anilines is 1. The molecule has 1 N–H and O–H groups in total. The molecule has 0 saturated carbocycles. The Morgan fingerprint density at radius 3 is 2.48 bits per heavy atom. The fourth-order valence-electron chi connectivity index (χ4n) is 1.92. The van der Waals surface area contributed by atoms with Crippen molar-refractivity contribution in [3.05, 3.63) is 59.9 Å². The first-order valence-electron chi connectivity index (χ1n) is 6.89. The summed E-state index contributed by atoms with van der Waals surface area (Å²) in [4.78, 5) is 12.2. The van der Waals surface area contributed by atoms with Gasteiger partial charge in [0.2, 0.25) is 0 Å². The molecule has 110 valence electrons. The highest BCUT2D eigenvalue weighted by Gasteiger charge is 2.19. The van der Waals surface area contributed by atoms with Crippen molar-refractivity contribution in [1.82, 2.24) is 0 Å². The van der Waals surface area contributed by atoms with Crippen molar-refractivity contribution < 1.29 is 13.9 Å². The van der Waals surface area contributed by atoms with Gasteiger partial charge in [-0.2, -0.15) is 0 Å². The third-order valence-corrected chi connectivity index (χ3v) is 3.14. The molecule has 21 heavy (non-hydrogen) atoms. The van der Waals surface area contributed by atoms with Crippen LogP contribution in [0.15, 0.2) is 48.5 Å². The van der Waals surface area contributed by atoms with Gasteiger partial charge in [-0.05, 0) is 49.2 Å². The van der Waals surface area contributed by atoms with E-state index in [2.05, 4.69) is 5.32 Å². The molecule has 0 aliphatic heterocycles. The quantitative estimate of drug-likeness (QED) is 0.905. The summed E-state index contributed by atoms with van der Waals surface area (Å²) in [6.45, 7) is 3.81. The molecular weight excluding hydrogens is 269 g/mol. The number of halogens is 1. The van der Waals surface area contributed by atoms with E-state index in [1.54, 1.807) is 0 Å². The summed E-state index contributed by atoms with van der Waals surface area (Å²) in [5, 5.41) is 2.73. The van der Waals surface area contributed by atoms with Crippen LogP contribution in [-0.4, -0.2) is 12.0 Å². The van der Waals surface area contributed by atoms with Gasteiger partial charge in [-0.1, -0.05) is 25.1 Å². The van der Waals surface area contributed by atoms with Crippen molar-refractivity contribution in [2.45, 2.75) is 26.4 Å². The van der Waals surface area contributed by atoms with Crippen molar-refractivity contribution in [2.75, 3.05) is 5.32 Å². The Kier molecular flexibility index (Phi) is 4.93. The minimum absolute atomic E-state index is 0.243. The lowest BCUT2D eigenvalue weighted by molar-refractivity contribution is -0.122. The third kappa shape index (κ3) is 4.05. The largest absolute Gasteiger partial charge is 0.480 e. The van der Waals surface area contributed by atoms with Crippen LogP contribution in [0.3, 0.4) is 0 Å². The Morgan fingerprint density at radius 2 is 1.86 bits per heavy atom. The highest BCUT2D eigenvalue weighted by molar-refractivity contribution is 5.94. The van der Waals surface area contributed by atoms with Crippen molar-refractivity contribution in [3.8, 4) is 5.75 Å². The van der Waals surface area contributed by atoms with Crippen LogP contribution >= 0.6 is 0 Å². The maximum atomic E-state index is 12.8. The van der Waals surface area contributed by atoms with E-state index in [-0.39, 0.29) is 11.7 Å². The van der Waals surface area contributed by atoms with Crippen LogP contribution in [0.4, 0.5) is 10.1 Å². The molecule has 0 unspecified atom stereocenters. The van der Waals surface area contributed by atoms with E-state index in [4.69, 9.17) is 4.74 Å². The first kappa shape index (κ1) is 15.0. The number of amides is 1. The highest BCUT2D eigenvalue weighted by Crippen LogP contribution is 2.19. The molecule has 0 aromatic heterocycles. The van der Waals surface area contributed by atoms with E-state index < -0.39 is 6.10 Å². The number of ether oxygens (including phenoxy) is 1. The molecular formula is C17H18FNO2. The standard InChI is InChI=1S/C17H18FNO2/c1-3-15(21-16-7-5-4-6-12(16)2)17(20)19-14-10-8-13(18)9-11-14/h4-11,15H,3H2,1-2H3,(H,19,20)/t15-/m1/s1. The molecule has 1 amide bonds. The monoisotopic (exact) mass is 287 g/mol. The molecule has 0 fully saturated rings. The lowest BCUT2D eigenvalue weighted by Crippen LogP contribution is -2.32. The van der Waals surface area contributed by atoms with Gasteiger partial charge in [0.1, 0.15) is 11.6 Å². The number of benzene rings is 2. The molecule has 0 saturated heterocycles. The predicted octanol–water partition coefficient (Wildman–Crippen LogP) is 3.93. The molecule has 0 heterocycles. The summed E-state index contributed by atoms with van der Waals surface area (Å²) in [6.07, 6.45) is -0.0439. The van der Waals surface area contributed by atoms with Crippen LogP contribution in [0, 0.1) is 12.7 Å². The Labute approximate surface area is 123 Å². The molecule has 2 aromatic carbocycles. The number of carbonyl (C=O) groups is 1. The summed E-state index contributed by atoms with van der Waals surface area (Å²) >= 11 is 0. The zero-order valence-corrected chi connectivity index (χ0v) is 12.1. The summed E-state index contributed by atoms with van der Waals surface area (Å²) < 4.78 is 18.6. The van der Waals surface area contributed by atoms with Crippen LogP contribution in [0.1, 0.15) is 18.9 Å². The average molecular weight is 287 g/mol. The lowest BCUT2D eigenvalue weighted by Gasteiger charge is -2.18. The Morgan fingerprint density at radius 1 is 1.19 bits per heavy atom. The van der Waals surface area contributed by atoms with Crippen molar-refractivity contribution >= 4 is 11.6 Å². The summed E-state index contributed by atoms with van der Waals surface area (Å²) in [7, 11) is 0. The summed E-state index contributed by atoms with van der Waals surface area (Å²) in [5.74, 6) is 0.113. The van der Waals surface area contributed by atoms with E-state index in [0.29, 0.717) is 17.9 Å². The van der Waals surface area contributed by atoms with Gasteiger partial charge in [-0.25, -0.2) is 4.39 Å². The second-order valence-electron chi connectivity index (χ2n) is 4.78. The third-order valence-electron chi connectivity index (χ3n) is 3.14. The van der Waals surface area contributed by atoms with Gasteiger partial charge in [-0.3, -0.25) is 4.79 Å². The Balaban J connectivity index is 2.05. The van der Waals surface area contributed by atoms with Crippen molar-refractivity contribution in [2.24, 2.45) is 0 Å². The minimum Gasteiger partial charge on any atom is -0.480 e. The number of para-hydroxylation sites is 1. The number of hydrogen-bond acceptors (Lipinski definition) is 2. The molecule has 1 atom stereocenters. The smallest absolute Gasteiger partial charge is 0.265 e. The molecule has 0 bridgehead atoms. The average Bonchev–Trinajstić information content (AvgIpc) is 2.48. The minimum atomic E-state index is -0.587. The van der Waals surface area contributed by atoms with Crippen molar-refractivity contribution in [1.29, 1.82) is 0 Å². The van der Waals surface area contributed by atoms with Crippen LogP contribution in [0.2, 0.25) is 0 Å². The van der Waals surface area contributed by atoms with E-state index in [1.165, 1.54) is 24.3 Å². The van der Waals surface area contributed by atoms with Crippen LogP contribution in [0.5, 0.6) is 5.75 Å². The van der Waals surface area contributed by atoms with E-state index >= 15 is 0 Å². The Bertz CT molecular complexity index is 610. The van der Waals surface area contributed by atoms with Crippen LogP contribution in [0.25, 0.3) is 0 Å². The van der Waals surface area contributed by atoms with Gasteiger partial charge in [0, 0.05) is 5.69 Å². The van der Waals surface area contributed by atoms with Gasteiger partial charge in [0.15, 0.2) is 6.10 Å². The van der Waals surface area contributed by atoms with Gasteiger partial charge >= 0.3 is 0 Å².